The van der Waals surface area contributed by atoms with Crippen molar-refractivity contribution in [1.29, 1.82) is 0 Å². The number of carboxylic acids is 1. The van der Waals surface area contributed by atoms with Crippen LogP contribution in [0.3, 0.4) is 0 Å². The standard InChI is InChI=1S/C15H30O2/c1-5-8-12(4)13(9-6-2)11-14(10-7-3)15(16)17/h12-14H,5-11H2,1-4H3,(H,16,17). The molecule has 0 aromatic rings. The number of hydrogen-bond donors (Lipinski definition) is 1. The van der Waals surface area contributed by atoms with Crippen LogP contribution in [-0.2, 0) is 4.79 Å². The highest BCUT2D eigenvalue weighted by atomic mass is 16.4. The third kappa shape index (κ3) is 6.70. The summed E-state index contributed by atoms with van der Waals surface area (Å²) >= 11 is 0. The molecule has 1 N–H and O–H groups in total. The summed E-state index contributed by atoms with van der Waals surface area (Å²) in [4.78, 5) is 11.2. The van der Waals surface area contributed by atoms with Crippen molar-refractivity contribution >= 4 is 5.97 Å². The second-order valence-electron chi connectivity index (χ2n) is 5.37. The Kier molecular flexibility index (Phi) is 9.20. The molecule has 0 spiro atoms. The quantitative estimate of drug-likeness (QED) is 0.601. The molecule has 0 aliphatic carbocycles. The van der Waals surface area contributed by atoms with Gasteiger partial charge in [0.05, 0.1) is 5.92 Å². The molecule has 0 amide bonds. The van der Waals surface area contributed by atoms with Gasteiger partial charge in [0.15, 0.2) is 0 Å². The van der Waals surface area contributed by atoms with Gasteiger partial charge in [0.1, 0.15) is 0 Å². The summed E-state index contributed by atoms with van der Waals surface area (Å²) < 4.78 is 0. The third-order valence-electron chi connectivity index (χ3n) is 3.78. The molecule has 3 unspecified atom stereocenters. The van der Waals surface area contributed by atoms with Crippen LogP contribution in [0.15, 0.2) is 0 Å². The minimum absolute atomic E-state index is 0.129. The molecule has 2 nitrogen and oxygen atoms in total. The Hall–Kier alpha value is -0.530. The van der Waals surface area contributed by atoms with E-state index in [1.54, 1.807) is 0 Å². The van der Waals surface area contributed by atoms with E-state index in [9.17, 15) is 9.90 Å². The SMILES string of the molecule is CCCC(CC(CCC)C(C)CCC)C(=O)O. The molecule has 0 saturated carbocycles. The molecule has 2 heteroatoms. The highest BCUT2D eigenvalue weighted by Crippen LogP contribution is 2.30. The summed E-state index contributed by atoms with van der Waals surface area (Å²) in [7, 11) is 0. The maximum Gasteiger partial charge on any atom is 0.306 e. The highest BCUT2D eigenvalue weighted by molar-refractivity contribution is 5.69. The Morgan fingerprint density at radius 3 is 1.94 bits per heavy atom. The van der Waals surface area contributed by atoms with Crippen LogP contribution in [0.1, 0.15) is 72.6 Å². The van der Waals surface area contributed by atoms with Gasteiger partial charge < -0.3 is 5.11 Å². The van der Waals surface area contributed by atoms with Gasteiger partial charge in [-0.25, -0.2) is 0 Å². The Morgan fingerprint density at radius 1 is 1.00 bits per heavy atom. The lowest BCUT2D eigenvalue weighted by Crippen LogP contribution is -2.21. The first-order valence-electron chi connectivity index (χ1n) is 7.29. The Bertz CT molecular complexity index is 201. The van der Waals surface area contributed by atoms with Gasteiger partial charge in [-0.3, -0.25) is 4.79 Å². The zero-order valence-electron chi connectivity index (χ0n) is 12.0. The fourth-order valence-electron chi connectivity index (χ4n) is 2.75. The van der Waals surface area contributed by atoms with Crippen LogP contribution in [0.5, 0.6) is 0 Å². The first kappa shape index (κ1) is 16.5. The average molecular weight is 242 g/mol. The molecule has 0 saturated heterocycles. The van der Waals surface area contributed by atoms with E-state index in [-0.39, 0.29) is 5.92 Å². The van der Waals surface area contributed by atoms with Crippen LogP contribution in [0.2, 0.25) is 0 Å². The maximum atomic E-state index is 11.2. The van der Waals surface area contributed by atoms with Crippen molar-refractivity contribution in [2.75, 3.05) is 0 Å². The van der Waals surface area contributed by atoms with E-state index in [4.69, 9.17) is 0 Å². The average Bonchev–Trinajstić information content (AvgIpc) is 2.27. The minimum atomic E-state index is -0.600. The van der Waals surface area contributed by atoms with Gasteiger partial charge in [0, 0.05) is 0 Å². The summed E-state index contributed by atoms with van der Waals surface area (Å²) in [6.07, 6.45) is 7.44. The molecular formula is C15H30O2. The second kappa shape index (κ2) is 9.49. The van der Waals surface area contributed by atoms with Crippen molar-refractivity contribution in [3.63, 3.8) is 0 Å². The van der Waals surface area contributed by atoms with E-state index >= 15 is 0 Å². The molecule has 0 fully saturated rings. The summed E-state index contributed by atoms with van der Waals surface area (Å²) in [6.45, 7) is 8.76. The van der Waals surface area contributed by atoms with Gasteiger partial charge in [-0.15, -0.1) is 0 Å². The van der Waals surface area contributed by atoms with Crippen molar-refractivity contribution in [3.05, 3.63) is 0 Å². The fourth-order valence-corrected chi connectivity index (χ4v) is 2.75. The number of hydrogen-bond acceptors (Lipinski definition) is 1. The Morgan fingerprint density at radius 2 is 1.53 bits per heavy atom. The first-order valence-corrected chi connectivity index (χ1v) is 7.29. The van der Waals surface area contributed by atoms with Crippen LogP contribution in [-0.4, -0.2) is 11.1 Å². The minimum Gasteiger partial charge on any atom is -0.481 e. The van der Waals surface area contributed by atoms with E-state index in [0.717, 1.165) is 25.7 Å². The second-order valence-corrected chi connectivity index (χ2v) is 5.37. The third-order valence-corrected chi connectivity index (χ3v) is 3.78. The predicted octanol–water partition coefficient (Wildman–Crippen LogP) is 4.73. The topological polar surface area (TPSA) is 37.3 Å². The maximum absolute atomic E-state index is 11.2. The van der Waals surface area contributed by atoms with Crippen molar-refractivity contribution in [3.8, 4) is 0 Å². The lowest BCUT2D eigenvalue weighted by Gasteiger charge is -2.26. The van der Waals surface area contributed by atoms with Gasteiger partial charge in [-0.1, -0.05) is 59.8 Å². The summed E-state index contributed by atoms with van der Waals surface area (Å²) in [5.74, 6) is 0.527. The summed E-state index contributed by atoms with van der Waals surface area (Å²) in [5, 5.41) is 9.23. The van der Waals surface area contributed by atoms with Gasteiger partial charge in [0.25, 0.3) is 0 Å². The molecule has 0 bridgehead atoms. The van der Waals surface area contributed by atoms with E-state index in [2.05, 4.69) is 27.7 Å². The monoisotopic (exact) mass is 242 g/mol. The molecule has 0 aliphatic heterocycles. The van der Waals surface area contributed by atoms with E-state index in [0.29, 0.717) is 11.8 Å². The highest BCUT2D eigenvalue weighted by Gasteiger charge is 2.24. The molecule has 3 atom stereocenters. The van der Waals surface area contributed by atoms with Crippen LogP contribution >= 0.6 is 0 Å². The summed E-state index contributed by atoms with van der Waals surface area (Å²) in [5.41, 5.74) is 0. The van der Waals surface area contributed by atoms with Crippen LogP contribution < -0.4 is 0 Å². The lowest BCUT2D eigenvalue weighted by atomic mass is 9.79. The molecule has 0 heterocycles. The molecule has 0 aliphatic rings. The normalized spacial score (nSPS) is 16.5. The van der Waals surface area contributed by atoms with Crippen LogP contribution in [0.25, 0.3) is 0 Å². The van der Waals surface area contributed by atoms with Crippen molar-refractivity contribution in [1.82, 2.24) is 0 Å². The lowest BCUT2D eigenvalue weighted by molar-refractivity contribution is -0.142. The van der Waals surface area contributed by atoms with Crippen molar-refractivity contribution in [2.45, 2.75) is 72.6 Å². The van der Waals surface area contributed by atoms with Crippen LogP contribution in [0.4, 0.5) is 0 Å². The molecule has 0 radical (unpaired) electrons. The van der Waals surface area contributed by atoms with Crippen molar-refractivity contribution < 1.29 is 9.90 Å². The van der Waals surface area contributed by atoms with Gasteiger partial charge >= 0.3 is 5.97 Å². The molecule has 17 heavy (non-hydrogen) atoms. The van der Waals surface area contributed by atoms with E-state index in [1.165, 1.54) is 19.3 Å². The first-order chi connectivity index (χ1) is 8.06. The van der Waals surface area contributed by atoms with Gasteiger partial charge in [-0.05, 0) is 24.7 Å². The predicted molar refractivity (Wildman–Crippen MR) is 73.1 cm³/mol. The molecule has 0 aromatic heterocycles. The zero-order valence-corrected chi connectivity index (χ0v) is 12.0. The van der Waals surface area contributed by atoms with Gasteiger partial charge in [0.2, 0.25) is 0 Å². The largest absolute Gasteiger partial charge is 0.481 e. The van der Waals surface area contributed by atoms with E-state index in [1.807, 2.05) is 0 Å². The van der Waals surface area contributed by atoms with Crippen molar-refractivity contribution in [2.24, 2.45) is 17.8 Å². The summed E-state index contributed by atoms with van der Waals surface area (Å²) in [6, 6.07) is 0. The fraction of sp³-hybridized carbons (Fsp3) is 0.933. The number of carboxylic acid groups (broad SMARTS) is 1. The molecular weight excluding hydrogens is 212 g/mol. The van der Waals surface area contributed by atoms with E-state index < -0.39 is 5.97 Å². The van der Waals surface area contributed by atoms with Crippen LogP contribution in [0, 0.1) is 17.8 Å². The number of aliphatic carboxylic acids is 1. The molecule has 102 valence electrons. The molecule has 0 aromatic carbocycles. The zero-order chi connectivity index (χ0) is 13.3. The van der Waals surface area contributed by atoms with Gasteiger partial charge in [-0.2, -0.15) is 0 Å². The smallest absolute Gasteiger partial charge is 0.306 e. The molecule has 0 rings (SSSR count). The Balaban J connectivity index is 4.42. The number of rotatable bonds is 10. The Labute approximate surface area is 107 Å². The number of carbonyl (C=O) groups is 1.